The Morgan fingerprint density at radius 2 is 1.91 bits per heavy atom. The largest absolute Gasteiger partial charge is 0.477 e. The van der Waals surface area contributed by atoms with E-state index < -0.39 is 14.0 Å². The number of hydrogen-bond acceptors (Lipinski definition) is 5. The molecule has 0 aliphatic heterocycles. The summed E-state index contributed by atoms with van der Waals surface area (Å²) in [4.78, 5) is 34.7. The van der Waals surface area contributed by atoms with Crippen molar-refractivity contribution in [2.75, 3.05) is 0 Å². The van der Waals surface area contributed by atoms with Crippen LogP contribution in [-0.2, 0) is 4.79 Å². The number of fused-ring (bicyclic) bond motifs is 1. The number of ketones is 1. The normalized spacial score (nSPS) is 13.1. The molecule has 1 unspecified atom stereocenters. The summed E-state index contributed by atoms with van der Waals surface area (Å²) >= 11 is 1.09. The lowest BCUT2D eigenvalue weighted by molar-refractivity contribution is -0.116. The first-order valence-electron chi connectivity index (χ1n) is 6.80. The molecule has 1 aromatic carbocycles. The van der Waals surface area contributed by atoms with Gasteiger partial charge in [-0.25, -0.2) is 4.79 Å². The van der Waals surface area contributed by atoms with E-state index in [0.717, 1.165) is 16.7 Å². The van der Waals surface area contributed by atoms with Crippen LogP contribution < -0.4 is 0 Å². The molecule has 0 saturated carbocycles. The molecule has 0 bridgehead atoms. The van der Waals surface area contributed by atoms with Crippen LogP contribution in [0.4, 0.5) is 5.69 Å². The summed E-state index contributed by atoms with van der Waals surface area (Å²) in [6.45, 7) is 7.67. The summed E-state index contributed by atoms with van der Waals surface area (Å²) in [5.74, 6) is -1.06. The Hall–Kier alpha value is -1.86. The standard InChI is InChI=1S/C15H17NO4SSi/c1-8(17)14(22(2,3)4)12-10-6-5-9(16-20)7-11(10)21-13(12)15(18)19/h5-7,14H,1-4H3,(H,18,19). The zero-order valence-corrected chi connectivity index (χ0v) is 14.7. The lowest BCUT2D eigenvalue weighted by Crippen LogP contribution is -2.36. The highest BCUT2D eigenvalue weighted by Gasteiger charge is 2.37. The zero-order valence-electron chi connectivity index (χ0n) is 12.8. The minimum Gasteiger partial charge on any atom is -0.477 e. The van der Waals surface area contributed by atoms with Gasteiger partial charge in [-0.05, 0) is 35.2 Å². The van der Waals surface area contributed by atoms with Gasteiger partial charge in [0.2, 0.25) is 0 Å². The minimum atomic E-state index is -1.96. The molecule has 0 aliphatic carbocycles. The number of rotatable bonds is 5. The summed E-state index contributed by atoms with van der Waals surface area (Å²) < 4.78 is 0.675. The molecule has 22 heavy (non-hydrogen) atoms. The average Bonchev–Trinajstić information content (AvgIpc) is 2.75. The predicted molar refractivity (Wildman–Crippen MR) is 91.0 cm³/mol. The van der Waals surface area contributed by atoms with E-state index in [9.17, 15) is 19.6 Å². The number of benzene rings is 1. The molecule has 7 heteroatoms. The smallest absolute Gasteiger partial charge is 0.346 e. The quantitative estimate of drug-likeness (QED) is 0.642. The third-order valence-electron chi connectivity index (χ3n) is 3.57. The highest BCUT2D eigenvalue weighted by Crippen LogP contribution is 2.41. The number of aromatic carboxylic acids is 1. The summed E-state index contributed by atoms with van der Waals surface area (Å²) in [6, 6.07) is 4.82. The molecule has 1 atom stereocenters. The molecule has 0 fully saturated rings. The first-order valence-corrected chi connectivity index (χ1v) is 11.2. The van der Waals surface area contributed by atoms with Crippen LogP contribution in [0.15, 0.2) is 23.4 Å². The van der Waals surface area contributed by atoms with E-state index in [4.69, 9.17) is 0 Å². The number of carboxylic acids is 1. The summed E-state index contributed by atoms with van der Waals surface area (Å²) in [5, 5.41) is 13.1. The summed E-state index contributed by atoms with van der Waals surface area (Å²) in [6.07, 6.45) is 0. The second-order valence-corrected chi connectivity index (χ2v) is 12.7. The number of Topliss-reactive ketones (excluding diaryl/α,β-unsaturated/α-hetero) is 1. The molecule has 0 amide bonds. The van der Waals surface area contributed by atoms with Crippen molar-refractivity contribution in [1.29, 1.82) is 0 Å². The Balaban J connectivity index is 2.85. The van der Waals surface area contributed by atoms with E-state index in [0.29, 0.717) is 10.3 Å². The van der Waals surface area contributed by atoms with Gasteiger partial charge in [0.05, 0.1) is 8.07 Å². The van der Waals surface area contributed by atoms with Crippen molar-refractivity contribution < 1.29 is 14.7 Å². The van der Waals surface area contributed by atoms with E-state index >= 15 is 0 Å². The fourth-order valence-corrected chi connectivity index (χ4v) is 6.46. The van der Waals surface area contributed by atoms with Gasteiger partial charge < -0.3 is 5.11 Å². The van der Waals surface area contributed by atoms with E-state index in [1.807, 2.05) is 0 Å². The number of nitroso groups, excluding NO2 is 1. The topological polar surface area (TPSA) is 83.8 Å². The second-order valence-electron chi connectivity index (χ2n) is 6.33. The van der Waals surface area contributed by atoms with Gasteiger partial charge in [0, 0.05) is 10.2 Å². The highest BCUT2D eigenvalue weighted by molar-refractivity contribution is 7.21. The summed E-state index contributed by atoms with van der Waals surface area (Å²) in [7, 11) is -1.96. The van der Waals surface area contributed by atoms with Crippen molar-refractivity contribution in [3.8, 4) is 0 Å². The van der Waals surface area contributed by atoms with Crippen molar-refractivity contribution in [3.63, 3.8) is 0 Å². The lowest BCUT2D eigenvalue weighted by Gasteiger charge is -2.27. The lowest BCUT2D eigenvalue weighted by atomic mass is 10.0. The third kappa shape index (κ3) is 2.86. The van der Waals surface area contributed by atoms with Crippen molar-refractivity contribution in [3.05, 3.63) is 33.5 Å². The first-order chi connectivity index (χ1) is 10.2. The molecule has 116 valence electrons. The number of nitrogens with zero attached hydrogens (tertiary/aromatic N) is 1. The third-order valence-corrected chi connectivity index (χ3v) is 7.16. The van der Waals surface area contributed by atoms with Gasteiger partial charge in [0.25, 0.3) is 0 Å². The van der Waals surface area contributed by atoms with Gasteiger partial charge in [-0.15, -0.1) is 16.2 Å². The van der Waals surface area contributed by atoms with Gasteiger partial charge in [-0.1, -0.05) is 25.7 Å². The molecule has 5 nitrogen and oxygen atoms in total. The fraction of sp³-hybridized carbons (Fsp3) is 0.333. The van der Waals surface area contributed by atoms with Crippen molar-refractivity contribution in [2.24, 2.45) is 5.18 Å². The first kappa shape index (κ1) is 16.5. The van der Waals surface area contributed by atoms with Gasteiger partial charge >= 0.3 is 5.97 Å². The number of carbonyl (C=O) groups excluding carboxylic acids is 1. The summed E-state index contributed by atoms with van der Waals surface area (Å²) in [5.41, 5.74) is 0.462. The monoisotopic (exact) mass is 335 g/mol. The van der Waals surface area contributed by atoms with Crippen LogP contribution in [0.25, 0.3) is 10.1 Å². The fourth-order valence-electron chi connectivity index (χ4n) is 2.85. The van der Waals surface area contributed by atoms with Crippen LogP contribution in [0.1, 0.15) is 27.7 Å². The maximum atomic E-state index is 12.2. The van der Waals surface area contributed by atoms with Crippen LogP contribution in [0.2, 0.25) is 19.6 Å². The number of thiophene rings is 1. The molecule has 0 saturated heterocycles. The van der Waals surface area contributed by atoms with Gasteiger partial charge in [-0.2, -0.15) is 0 Å². The molecule has 1 heterocycles. The molecule has 0 spiro atoms. The average molecular weight is 335 g/mol. The maximum absolute atomic E-state index is 12.2. The van der Waals surface area contributed by atoms with E-state index in [-0.39, 0.29) is 21.9 Å². The van der Waals surface area contributed by atoms with E-state index in [1.165, 1.54) is 6.92 Å². The van der Waals surface area contributed by atoms with Crippen LogP contribution in [-0.4, -0.2) is 24.9 Å². The Bertz CT molecular complexity index is 776. The predicted octanol–water partition coefficient (Wildman–Crippen LogP) is 4.55. The molecule has 2 rings (SSSR count). The van der Waals surface area contributed by atoms with Crippen LogP contribution in [0, 0.1) is 4.91 Å². The van der Waals surface area contributed by atoms with Gasteiger partial charge in [0.15, 0.2) is 0 Å². The molecule has 0 aliphatic rings. The molecule has 1 N–H and O–H groups in total. The van der Waals surface area contributed by atoms with Gasteiger partial charge in [-0.3, -0.25) is 4.79 Å². The molecule has 2 aromatic rings. The Morgan fingerprint density at radius 1 is 1.27 bits per heavy atom. The van der Waals surface area contributed by atoms with Crippen LogP contribution in [0.3, 0.4) is 0 Å². The van der Waals surface area contributed by atoms with Crippen LogP contribution >= 0.6 is 11.3 Å². The maximum Gasteiger partial charge on any atom is 0.346 e. The molecular formula is C15H17NO4SSi. The van der Waals surface area contributed by atoms with Crippen molar-refractivity contribution in [1.82, 2.24) is 0 Å². The molecule has 0 radical (unpaired) electrons. The Morgan fingerprint density at radius 3 is 2.36 bits per heavy atom. The number of carbonyl (C=O) groups is 2. The number of hydrogen-bond donors (Lipinski definition) is 1. The Labute approximate surface area is 133 Å². The zero-order chi connectivity index (χ0) is 16.7. The second kappa shape index (κ2) is 5.73. The van der Waals surface area contributed by atoms with E-state index in [2.05, 4.69) is 24.8 Å². The van der Waals surface area contributed by atoms with Crippen molar-refractivity contribution >= 4 is 46.9 Å². The molecule has 1 aromatic heterocycles. The highest BCUT2D eigenvalue weighted by atomic mass is 32.1. The Kier molecular flexibility index (Phi) is 4.30. The minimum absolute atomic E-state index is 0.0149. The SMILES string of the molecule is CC(=O)C(c1c(C(=O)O)sc2cc(N=O)ccc12)[Si](C)(C)C. The van der Waals surface area contributed by atoms with Crippen LogP contribution in [0.5, 0.6) is 0 Å². The molecular weight excluding hydrogens is 318 g/mol. The van der Waals surface area contributed by atoms with Crippen molar-refractivity contribution in [2.45, 2.75) is 32.1 Å². The number of carboxylic acid groups (broad SMARTS) is 1. The van der Waals surface area contributed by atoms with Gasteiger partial charge in [0.1, 0.15) is 16.3 Å². The van der Waals surface area contributed by atoms with E-state index in [1.54, 1.807) is 18.2 Å².